The molecular formula is C31H33N5O. The molecule has 1 aliphatic carbocycles. The number of nitrogens with one attached hydrogen (secondary N) is 2. The van der Waals surface area contributed by atoms with E-state index in [1.807, 2.05) is 43.5 Å². The van der Waals surface area contributed by atoms with E-state index in [1.54, 1.807) is 0 Å². The van der Waals surface area contributed by atoms with Gasteiger partial charge in [-0.3, -0.25) is 9.69 Å². The molecule has 3 aromatic carbocycles. The quantitative estimate of drug-likeness (QED) is 0.276. The van der Waals surface area contributed by atoms with Gasteiger partial charge in [-0.25, -0.2) is 9.97 Å². The molecule has 4 aromatic rings. The van der Waals surface area contributed by atoms with E-state index in [0.717, 1.165) is 46.8 Å². The summed E-state index contributed by atoms with van der Waals surface area (Å²) in [5, 5.41) is 6.35. The second-order valence-electron chi connectivity index (χ2n) is 10.00. The van der Waals surface area contributed by atoms with Crippen LogP contribution in [0.4, 0.5) is 17.3 Å². The topological polar surface area (TPSA) is 70.2 Å². The molecule has 0 saturated heterocycles. The summed E-state index contributed by atoms with van der Waals surface area (Å²) in [6.07, 6.45) is 4.28. The number of hydrogen-bond acceptors (Lipinski definition) is 5. The van der Waals surface area contributed by atoms with E-state index >= 15 is 0 Å². The average Bonchev–Trinajstić information content (AvgIpc) is 3.74. The molecule has 0 unspecified atom stereocenters. The number of carbonyl (C=O) groups excluding carboxylic acids is 1. The highest BCUT2D eigenvalue weighted by atomic mass is 16.1. The zero-order chi connectivity index (χ0) is 25.8. The highest BCUT2D eigenvalue weighted by Gasteiger charge is 2.27. The van der Waals surface area contributed by atoms with Crippen LogP contribution < -0.4 is 10.6 Å². The van der Waals surface area contributed by atoms with Crippen molar-refractivity contribution in [2.45, 2.75) is 45.7 Å². The molecule has 37 heavy (non-hydrogen) atoms. The number of rotatable bonds is 9. The number of aryl methyl sites for hydroxylation is 2. The molecule has 0 spiro atoms. The van der Waals surface area contributed by atoms with Gasteiger partial charge in [0.1, 0.15) is 0 Å². The maximum atomic E-state index is 13.0. The molecule has 2 N–H and O–H groups in total. The molecule has 1 fully saturated rings. The third-order valence-electron chi connectivity index (χ3n) is 6.68. The first-order valence-electron chi connectivity index (χ1n) is 12.8. The second-order valence-corrected chi connectivity index (χ2v) is 10.00. The van der Waals surface area contributed by atoms with Crippen LogP contribution >= 0.6 is 0 Å². The Kier molecular flexibility index (Phi) is 7.28. The highest BCUT2D eigenvalue weighted by Crippen LogP contribution is 2.40. The minimum absolute atomic E-state index is 0.132. The van der Waals surface area contributed by atoms with Gasteiger partial charge < -0.3 is 10.6 Å². The first-order chi connectivity index (χ1) is 17.9. The van der Waals surface area contributed by atoms with E-state index < -0.39 is 0 Å². The second kappa shape index (κ2) is 10.9. The number of benzene rings is 3. The van der Waals surface area contributed by atoms with E-state index in [4.69, 9.17) is 4.98 Å². The van der Waals surface area contributed by atoms with Crippen LogP contribution in [0.25, 0.3) is 0 Å². The van der Waals surface area contributed by atoms with Crippen LogP contribution in [0.3, 0.4) is 0 Å². The van der Waals surface area contributed by atoms with Crippen molar-refractivity contribution in [2.75, 3.05) is 17.7 Å². The van der Waals surface area contributed by atoms with Crippen molar-refractivity contribution >= 4 is 23.2 Å². The van der Waals surface area contributed by atoms with Gasteiger partial charge >= 0.3 is 0 Å². The minimum Gasteiger partial charge on any atom is -0.324 e. The maximum Gasteiger partial charge on any atom is 0.255 e. The van der Waals surface area contributed by atoms with Gasteiger partial charge in [0.05, 0.1) is 5.69 Å². The number of hydrogen-bond donors (Lipinski definition) is 2. The van der Waals surface area contributed by atoms with Crippen molar-refractivity contribution in [1.82, 2.24) is 14.9 Å². The molecule has 1 saturated carbocycles. The number of amides is 1. The molecule has 6 heteroatoms. The predicted molar refractivity (Wildman–Crippen MR) is 149 cm³/mol. The molecule has 0 bridgehead atoms. The molecule has 6 nitrogen and oxygen atoms in total. The molecule has 1 heterocycles. The van der Waals surface area contributed by atoms with E-state index in [1.165, 1.54) is 18.4 Å². The van der Waals surface area contributed by atoms with Gasteiger partial charge in [-0.1, -0.05) is 42.5 Å². The van der Waals surface area contributed by atoms with Crippen LogP contribution in [-0.2, 0) is 13.1 Å². The predicted octanol–water partition coefficient (Wildman–Crippen LogP) is 6.60. The average molecular weight is 492 g/mol. The molecule has 188 valence electrons. The Morgan fingerprint density at radius 1 is 0.919 bits per heavy atom. The molecule has 0 aliphatic heterocycles. The van der Waals surface area contributed by atoms with Crippen LogP contribution in [0.1, 0.15) is 57.1 Å². The number of anilines is 3. The van der Waals surface area contributed by atoms with Crippen LogP contribution in [0, 0.1) is 13.8 Å². The largest absolute Gasteiger partial charge is 0.324 e. The molecule has 5 rings (SSSR count). The van der Waals surface area contributed by atoms with Crippen molar-refractivity contribution < 1.29 is 4.79 Å². The van der Waals surface area contributed by atoms with E-state index in [9.17, 15) is 4.79 Å². The lowest BCUT2D eigenvalue weighted by molar-refractivity contribution is 0.102. The summed E-state index contributed by atoms with van der Waals surface area (Å²) in [7, 11) is 2.11. The molecule has 1 aliphatic rings. The van der Waals surface area contributed by atoms with Crippen molar-refractivity contribution in [3.05, 3.63) is 113 Å². The third kappa shape index (κ3) is 6.40. The fraction of sp³-hybridized carbons (Fsp3) is 0.258. The fourth-order valence-corrected chi connectivity index (χ4v) is 4.48. The zero-order valence-corrected chi connectivity index (χ0v) is 21.7. The lowest BCUT2D eigenvalue weighted by Gasteiger charge is -2.18. The Hall–Kier alpha value is -4.03. The van der Waals surface area contributed by atoms with E-state index in [0.29, 0.717) is 17.4 Å². The number of carbonyl (C=O) groups is 1. The van der Waals surface area contributed by atoms with E-state index in [-0.39, 0.29) is 5.91 Å². The van der Waals surface area contributed by atoms with Gasteiger partial charge in [0.25, 0.3) is 5.91 Å². The Morgan fingerprint density at radius 3 is 2.38 bits per heavy atom. The molecule has 0 atom stereocenters. The monoisotopic (exact) mass is 491 g/mol. The third-order valence-corrected chi connectivity index (χ3v) is 6.68. The first-order valence-corrected chi connectivity index (χ1v) is 12.8. The molecule has 1 aromatic heterocycles. The van der Waals surface area contributed by atoms with Gasteiger partial charge in [0.15, 0.2) is 0 Å². The van der Waals surface area contributed by atoms with Gasteiger partial charge in [-0.05, 0) is 86.3 Å². The van der Waals surface area contributed by atoms with Crippen LogP contribution in [-0.4, -0.2) is 27.8 Å². The molecule has 0 radical (unpaired) electrons. The van der Waals surface area contributed by atoms with Crippen molar-refractivity contribution in [3.8, 4) is 0 Å². The van der Waals surface area contributed by atoms with Gasteiger partial charge in [0, 0.05) is 42.1 Å². The SMILES string of the molecule is Cc1ccc(CN(C)Cc2ccccc2)cc1NC(=O)c1ccc(Nc2ncc(C)c(C3CC3)n2)cc1. The molecular weight excluding hydrogens is 458 g/mol. The van der Waals surface area contributed by atoms with Gasteiger partial charge in [-0.2, -0.15) is 0 Å². The maximum absolute atomic E-state index is 13.0. The lowest BCUT2D eigenvalue weighted by Crippen LogP contribution is -2.18. The van der Waals surface area contributed by atoms with Gasteiger partial charge in [0.2, 0.25) is 5.95 Å². The number of nitrogens with zero attached hydrogens (tertiary/aromatic N) is 3. The normalized spacial score (nSPS) is 13.0. The summed E-state index contributed by atoms with van der Waals surface area (Å²) >= 11 is 0. The minimum atomic E-state index is -0.132. The van der Waals surface area contributed by atoms with E-state index in [2.05, 4.69) is 77.0 Å². The summed E-state index contributed by atoms with van der Waals surface area (Å²) < 4.78 is 0. The fourth-order valence-electron chi connectivity index (χ4n) is 4.48. The van der Waals surface area contributed by atoms with Crippen molar-refractivity contribution in [1.29, 1.82) is 0 Å². The highest BCUT2D eigenvalue weighted by molar-refractivity contribution is 6.04. The standard InChI is InChI=1S/C31H33N5O/c1-21-9-10-24(20-36(3)19-23-7-5-4-6-8-23)17-28(21)34-30(37)26-13-15-27(16-14-26)33-31-32-18-22(2)29(35-31)25-11-12-25/h4-10,13-18,25H,11-12,19-20H2,1-3H3,(H,34,37)(H,32,33,35). The number of aromatic nitrogens is 2. The van der Waals surface area contributed by atoms with Crippen LogP contribution in [0.15, 0.2) is 79.0 Å². The van der Waals surface area contributed by atoms with Gasteiger partial charge in [-0.15, -0.1) is 0 Å². The molecule has 1 amide bonds. The smallest absolute Gasteiger partial charge is 0.255 e. The summed E-state index contributed by atoms with van der Waals surface area (Å²) in [6.45, 7) is 5.73. The summed E-state index contributed by atoms with van der Waals surface area (Å²) in [4.78, 5) is 24.4. The Balaban J connectivity index is 1.21. The lowest BCUT2D eigenvalue weighted by atomic mass is 10.1. The summed E-state index contributed by atoms with van der Waals surface area (Å²) in [5.41, 5.74) is 8.02. The van der Waals surface area contributed by atoms with Crippen LogP contribution in [0.5, 0.6) is 0 Å². The zero-order valence-electron chi connectivity index (χ0n) is 21.7. The Bertz CT molecular complexity index is 1380. The van der Waals surface area contributed by atoms with Crippen LogP contribution in [0.2, 0.25) is 0 Å². The Labute approximate surface area is 218 Å². The van der Waals surface area contributed by atoms with Crippen molar-refractivity contribution in [2.24, 2.45) is 0 Å². The first kappa shape index (κ1) is 24.7. The van der Waals surface area contributed by atoms with Crippen molar-refractivity contribution in [3.63, 3.8) is 0 Å². The Morgan fingerprint density at radius 2 is 1.65 bits per heavy atom. The summed E-state index contributed by atoms with van der Waals surface area (Å²) in [5.74, 6) is 1.03. The summed E-state index contributed by atoms with van der Waals surface area (Å²) in [6, 6.07) is 24.1.